The summed E-state index contributed by atoms with van der Waals surface area (Å²) in [6.45, 7) is 4.77. The van der Waals surface area contributed by atoms with Crippen molar-refractivity contribution in [3.8, 4) is 11.1 Å². The van der Waals surface area contributed by atoms with Gasteiger partial charge in [0.25, 0.3) is 0 Å². The first-order valence-corrected chi connectivity index (χ1v) is 11.3. The molecule has 0 radical (unpaired) electrons. The zero-order valence-electron chi connectivity index (χ0n) is 18.8. The highest BCUT2D eigenvalue weighted by atomic mass is 16.6. The molecule has 0 bridgehead atoms. The van der Waals surface area contributed by atoms with Gasteiger partial charge in [0, 0.05) is 24.9 Å². The molecule has 5 rings (SSSR count). The number of aryl methyl sites for hydroxylation is 1. The molecule has 0 spiro atoms. The Balaban J connectivity index is 1.34. The summed E-state index contributed by atoms with van der Waals surface area (Å²) in [7, 11) is 0. The van der Waals surface area contributed by atoms with Gasteiger partial charge in [-0.3, -0.25) is 4.79 Å². The highest BCUT2D eigenvalue weighted by molar-refractivity contribution is 5.79. The maximum absolute atomic E-state index is 13.0. The number of amides is 1. The maximum Gasteiger partial charge on any atom is 0.409 e. The van der Waals surface area contributed by atoms with Crippen LogP contribution in [-0.4, -0.2) is 41.8 Å². The zero-order chi connectivity index (χ0) is 23.1. The fourth-order valence-electron chi connectivity index (χ4n) is 5.38. The van der Waals surface area contributed by atoms with E-state index < -0.39 is 18.0 Å². The van der Waals surface area contributed by atoms with Crippen molar-refractivity contribution in [2.45, 2.75) is 25.7 Å². The van der Waals surface area contributed by atoms with Crippen molar-refractivity contribution in [1.82, 2.24) is 4.90 Å². The van der Waals surface area contributed by atoms with Crippen LogP contribution in [-0.2, 0) is 9.53 Å². The summed E-state index contributed by atoms with van der Waals surface area (Å²) in [5.41, 5.74) is 7.87. The minimum Gasteiger partial charge on any atom is -0.481 e. The Morgan fingerprint density at radius 2 is 1.48 bits per heavy atom. The van der Waals surface area contributed by atoms with Crippen molar-refractivity contribution < 1.29 is 19.4 Å². The molecule has 5 nitrogen and oxygen atoms in total. The van der Waals surface area contributed by atoms with Crippen LogP contribution < -0.4 is 0 Å². The number of carbonyl (C=O) groups excluding carboxylic acids is 1. The van der Waals surface area contributed by atoms with Gasteiger partial charge in [-0.25, -0.2) is 4.79 Å². The predicted molar refractivity (Wildman–Crippen MR) is 126 cm³/mol. The van der Waals surface area contributed by atoms with Gasteiger partial charge in [0.15, 0.2) is 0 Å². The Kier molecular flexibility index (Phi) is 5.41. The van der Waals surface area contributed by atoms with E-state index in [-0.39, 0.29) is 25.0 Å². The Labute approximate surface area is 193 Å². The molecule has 5 heteroatoms. The summed E-state index contributed by atoms with van der Waals surface area (Å²) >= 11 is 0. The van der Waals surface area contributed by atoms with E-state index in [4.69, 9.17) is 4.74 Å². The number of hydrogen-bond acceptors (Lipinski definition) is 3. The second kappa shape index (κ2) is 8.39. The van der Waals surface area contributed by atoms with E-state index in [0.29, 0.717) is 6.54 Å². The molecule has 33 heavy (non-hydrogen) atoms. The average molecular weight is 442 g/mol. The van der Waals surface area contributed by atoms with Crippen molar-refractivity contribution in [3.63, 3.8) is 0 Å². The number of carbonyl (C=O) groups is 2. The van der Waals surface area contributed by atoms with Crippen LogP contribution in [0.1, 0.15) is 39.7 Å². The Hall–Kier alpha value is -3.60. The highest BCUT2D eigenvalue weighted by Crippen LogP contribution is 2.44. The summed E-state index contributed by atoms with van der Waals surface area (Å²) < 4.78 is 5.78. The molecule has 2 unspecified atom stereocenters. The number of rotatable bonds is 4. The molecular weight excluding hydrogens is 414 g/mol. The zero-order valence-corrected chi connectivity index (χ0v) is 18.8. The number of ether oxygens (including phenoxy) is 1. The van der Waals surface area contributed by atoms with Gasteiger partial charge in [0.05, 0.1) is 5.92 Å². The molecule has 1 N–H and O–H groups in total. The third-order valence-electron chi connectivity index (χ3n) is 7.28. The Morgan fingerprint density at radius 3 is 2.12 bits per heavy atom. The standard InChI is InChI=1S/C28H27NO4/c1-17-8-7-13-19(18(17)2)24-14-29(15-25(24)27(30)31)28(32)33-16-26-22-11-5-3-9-20(22)21-10-4-6-12-23(21)26/h3-13,24-26H,14-16H2,1-2H3,(H,30,31). The number of benzene rings is 3. The fourth-order valence-corrected chi connectivity index (χ4v) is 5.38. The van der Waals surface area contributed by atoms with E-state index in [1.807, 2.05) is 56.3 Å². The largest absolute Gasteiger partial charge is 0.481 e. The molecule has 1 amide bonds. The number of fused-ring (bicyclic) bond motifs is 3. The first kappa shape index (κ1) is 21.3. The molecular formula is C28H27NO4. The van der Waals surface area contributed by atoms with Crippen LogP contribution in [0.15, 0.2) is 66.7 Å². The van der Waals surface area contributed by atoms with Crippen molar-refractivity contribution >= 4 is 12.1 Å². The second-order valence-electron chi connectivity index (χ2n) is 9.05. The number of carboxylic acid groups (broad SMARTS) is 1. The number of aliphatic carboxylic acids is 1. The minimum absolute atomic E-state index is 0.0194. The number of nitrogens with zero attached hydrogens (tertiary/aromatic N) is 1. The molecule has 1 heterocycles. The van der Waals surface area contributed by atoms with E-state index in [9.17, 15) is 14.7 Å². The first-order chi connectivity index (χ1) is 16.0. The van der Waals surface area contributed by atoms with Gasteiger partial charge < -0.3 is 14.7 Å². The lowest BCUT2D eigenvalue weighted by molar-refractivity contribution is -0.141. The van der Waals surface area contributed by atoms with Gasteiger partial charge in [0.1, 0.15) is 6.61 Å². The number of carboxylic acids is 1. The summed E-state index contributed by atoms with van der Waals surface area (Å²) in [6.07, 6.45) is -0.448. The third-order valence-corrected chi connectivity index (χ3v) is 7.28. The van der Waals surface area contributed by atoms with Gasteiger partial charge in [-0.2, -0.15) is 0 Å². The van der Waals surface area contributed by atoms with Crippen LogP contribution in [0.2, 0.25) is 0 Å². The maximum atomic E-state index is 13.0. The Morgan fingerprint density at radius 1 is 0.879 bits per heavy atom. The molecule has 1 fully saturated rings. The molecule has 2 aliphatic rings. The average Bonchev–Trinajstić information content (AvgIpc) is 3.40. The molecule has 0 saturated carbocycles. The van der Waals surface area contributed by atoms with Crippen LogP contribution in [0.3, 0.4) is 0 Å². The van der Waals surface area contributed by atoms with Crippen LogP contribution in [0.5, 0.6) is 0 Å². The van der Waals surface area contributed by atoms with Gasteiger partial charge in [0.2, 0.25) is 0 Å². The molecule has 3 aromatic rings. The Bertz CT molecular complexity index is 1190. The SMILES string of the molecule is Cc1cccc(C2CN(C(=O)OCC3c4ccccc4-c4ccccc43)CC2C(=O)O)c1C. The summed E-state index contributed by atoms with van der Waals surface area (Å²) in [4.78, 5) is 26.6. The summed E-state index contributed by atoms with van der Waals surface area (Å²) in [5.74, 6) is -1.79. The normalized spacial score (nSPS) is 19.3. The topological polar surface area (TPSA) is 66.8 Å². The van der Waals surface area contributed by atoms with Crippen molar-refractivity contribution in [1.29, 1.82) is 0 Å². The van der Waals surface area contributed by atoms with E-state index in [1.54, 1.807) is 4.90 Å². The molecule has 1 saturated heterocycles. The van der Waals surface area contributed by atoms with Crippen LogP contribution >= 0.6 is 0 Å². The minimum atomic E-state index is -0.880. The monoisotopic (exact) mass is 441 g/mol. The van der Waals surface area contributed by atoms with Gasteiger partial charge in [-0.1, -0.05) is 66.7 Å². The fraction of sp³-hybridized carbons (Fsp3) is 0.286. The van der Waals surface area contributed by atoms with Crippen LogP contribution in [0.4, 0.5) is 4.79 Å². The lowest BCUT2D eigenvalue weighted by Gasteiger charge is -2.20. The van der Waals surface area contributed by atoms with Gasteiger partial charge >= 0.3 is 12.1 Å². The number of hydrogen-bond donors (Lipinski definition) is 1. The highest BCUT2D eigenvalue weighted by Gasteiger charge is 2.42. The van der Waals surface area contributed by atoms with E-state index in [0.717, 1.165) is 27.8 Å². The van der Waals surface area contributed by atoms with E-state index in [2.05, 4.69) is 24.3 Å². The second-order valence-corrected chi connectivity index (χ2v) is 9.05. The molecule has 1 aliphatic carbocycles. The molecule has 2 atom stereocenters. The van der Waals surface area contributed by atoms with E-state index in [1.165, 1.54) is 11.1 Å². The molecule has 3 aromatic carbocycles. The van der Waals surface area contributed by atoms with Crippen LogP contribution in [0, 0.1) is 19.8 Å². The first-order valence-electron chi connectivity index (χ1n) is 11.3. The quantitative estimate of drug-likeness (QED) is 0.592. The molecule has 168 valence electrons. The lowest BCUT2D eigenvalue weighted by Crippen LogP contribution is -2.31. The predicted octanol–water partition coefficient (Wildman–Crippen LogP) is 5.35. The van der Waals surface area contributed by atoms with Gasteiger partial charge in [-0.15, -0.1) is 0 Å². The van der Waals surface area contributed by atoms with Crippen molar-refractivity contribution in [2.24, 2.45) is 5.92 Å². The summed E-state index contributed by atoms with van der Waals surface area (Å²) in [5, 5.41) is 9.85. The van der Waals surface area contributed by atoms with Crippen molar-refractivity contribution in [2.75, 3.05) is 19.7 Å². The lowest BCUT2D eigenvalue weighted by atomic mass is 9.85. The summed E-state index contributed by atoms with van der Waals surface area (Å²) in [6, 6.07) is 22.4. The molecule has 1 aliphatic heterocycles. The van der Waals surface area contributed by atoms with E-state index >= 15 is 0 Å². The van der Waals surface area contributed by atoms with Crippen LogP contribution in [0.25, 0.3) is 11.1 Å². The smallest absolute Gasteiger partial charge is 0.409 e. The van der Waals surface area contributed by atoms with Gasteiger partial charge in [-0.05, 0) is 52.8 Å². The number of likely N-dealkylation sites (tertiary alicyclic amines) is 1. The third kappa shape index (κ3) is 3.67. The van der Waals surface area contributed by atoms with Crippen molar-refractivity contribution in [3.05, 3.63) is 94.5 Å². The molecule has 0 aromatic heterocycles.